The maximum atomic E-state index is 5.89. The molecule has 0 saturated carbocycles. The van der Waals surface area contributed by atoms with Crippen LogP contribution in [0.25, 0.3) is 0 Å². The molecule has 20 heavy (non-hydrogen) atoms. The highest BCUT2D eigenvalue weighted by atomic mass is 79.9. The van der Waals surface area contributed by atoms with Crippen LogP contribution >= 0.6 is 15.9 Å². The molecule has 0 amide bonds. The van der Waals surface area contributed by atoms with Crippen molar-refractivity contribution >= 4 is 21.6 Å². The highest BCUT2D eigenvalue weighted by Crippen LogP contribution is 2.27. The first-order valence-corrected chi connectivity index (χ1v) is 8.22. The van der Waals surface area contributed by atoms with Crippen molar-refractivity contribution in [2.45, 2.75) is 38.3 Å². The second-order valence-electron chi connectivity index (χ2n) is 6.16. The van der Waals surface area contributed by atoms with E-state index in [4.69, 9.17) is 5.73 Å². The Labute approximate surface area is 131 Å². The quantitative estimate of drug-likeness (QED) is 0.915. The zero-order chi connectivity index (χ0) is 14.7. The molecule has 1 aromatic carbocycles. The van der Waals surface area contributed by atoms with E-state index in [1.54, 1.807) is 0 Å². The normalized spacial score (nSPS) is 21.3. The fourth-order valence-electron chi connectivity index (χ4n) is 2.86. The summed E-state index contributed by atoms with van der Waals surface area (Å²) >= 11 is 3.69. The van der Waals surface area contributed by atoms with Crippen molar-refractivity contribution in [2.75, 3.05) is 32.1 Å². The van der Waals surface area contributed by atoms with E-state index in [1.165, 1.54) is 28.6 Å². The Balaban J connectivity index is 2.11. The molecule has 1 heterocycles. The number of benzene rings is 1. The van der Waals surface area contributed by atoms with Crippen molar-refractivity contribution in [2.24, 2.45) is 5.73 Å². The second-order valence-corrected chi connectivity index (χ2v) is 7.02. The Morgan fingerprint density at radius 1 is 1.45 bits per heavy atom. The summed E-state index contributed by atoms with van der Waals surface area (Å²) in [6.45, 7) is 4.32. The molecule has 4 heteroatoms. The molecule has 0 bridgehead atoms. The van der Waals surface area contributed by atoms with Gasteiger partial charge >= 0.3 is 0 Å². The minimum Gasteiger partial charge on any atom is -0.370 e. The molecule has 1 aliphatic heterocycles. The van der Waals surface area contributed by atoms with Gasteiger partial charge in [-0.15, -0.1) is 0 Å². The van der Waals surface area contributed by atoms with Crippen molar-refractivity contribution in [1.82, 2.24) is 4.90 Å². The van der Waals surface area contributed by atoms with Crippen LogP contribution in [0, 0.1) is 0 Å². The Kier molecular flexibility index (Phi) is 5.47. The van der Waals surface area contributed by atoms with Crippen LogP contribution < -0.4 is 10.6 Å². The molecule has 1 saturated heterocycles. The van der Waals surface area contributed by atoms with Gasteiger partial charge in [-0.05, 0) is 58.0 Å². The molecule has 3 nitrogen and oxygen atoms in total. The third kappa shape index (κ3) is 3.96. The molecule has 112 valence electrons. The van der Waals surface area contributed by atoms with Crippen molar-refractivity contribution in [3.05, 3.63) is 28.2 Å². The maximum absolute atomic E-state index is 5.89. The summed E-state index contributed by atoms with van der Waals surface area (Å²) in [6, 6.07) is 7.55. The van der Waals surface area contributed by atoms with Crippen LogP contribution in [0.15, 0.2) is 22.7 Å². The van der Waals surface area contributed by atoms with Gasteiger partial charge in [-0.3, -0.25) is 0 Å². The molecule has 1 fully saturated rings. The molecule has 0 aliphatic carbocycles. The summed E-state index contributed by atoms with van der Waals surface area (Å²) in [5.41, 5.74) is 8.50. The van der Waals surface area contributed by atoms with Crippen molar-refractivity contribution in [3.8, 4) is 0 Å². The zero-order valence-electron chi connectivity index (χ0n) is 12.8. The first-order chi connectivity index (χ1) is 9.47. The molecule has 0 radical (unpaired) electrons. The number of hydrogen-bond donors (Lipinski definition) is 1. The second kappa shape index (κ2) is 6.92. The largest absolute Gasteiger partial charge is 0.370 e. The van der Waals surface area contributed by atoms with E-state index in [2.05, 4.69) is 58.0 Å². The Bertz CT molecular complexity index is 445. The number of likely N-dealkylation sites (N-methyl/N-ethyl adjacent to an activating group) is 1. The van der Waals surface area contributed by atoms with E-state index in [1.807, 2.05) is 6.92 Å². The van der Waals surface area contributed by atoms with Gasteiger partial charge in [-0.1, -0.05) is 22.0 Å². The summed E-state index contributed by atoms with van der Waals surface area (Å²) in [5.74, 6) is 0. The number of halogens is 1. The van der Waals surface area contributed by atoms with E-state index < -0.39 is 0 Å². The number of rotatable bonds is 4. The topological polar surface area (TPSA) is 32.5 Å². The van der Waals surface area contributed by atoms with Crippen molar-refractivity contribution in [1.29, 1.82) is 0 Å². The highest BCUT2D eigenvalue weighted by molar-refractivity contribution is 9.10. The third-order valence-electron chi connectivity index (χ3n) is 4.07. The molecule has 2 N–H and O–H groups in total. The fourth-order valence-corrected chi connectivity index (χ4v) is 3.38. The maximum Gasteiger partial charge on any atom is 0.0378 e. The minimum absolute atomic E-state index is 0.199. The van der Waals surface area contributed by atoms with Crippen LogP contribution in [-0.4, -0.2) is 44.2 Å². The van der Waals surface area contributed by atoms with Crippen molar-refractivity contribution in [3.63, 3.8) is 0 Å². The van der Waals surface area contributed by atoms with Gasteiger partial charge in [0.05, 0.1) is 0 Å². The molecule has 2 atom stereocenters. The van der Waals surface area contributed by atoms with Crippen LogP contribution in [0.5, 0.6) is 0 Å². The van der Waals surface area contributed by atoms with Gasteiger partial charge < -0.3 is 15.5 Å². The SMILES string of the molecule is CC(N)Cc1ccc(N2CCCC(N(C)C)C2)cc1Br. The van der Waals surface area contributed by atoms with E-state index in [0.29, 0.717) is 6.04 Å². The van der Waals surface area contributed by atoms with Gasteiger partial charge in [0, 0.05) is 35.3 Å². The average molecular weight is 340 g/mol. The first-order valence-electron chi connectivity index (χ1n) is 7.42. The Morgan fingerprint density at radius 3 is 2.80 bits per heavy atom. The molecule has 1 aliphatic rings. The lowest BCUT2D eigenvalue weighted by Gasteiger charge is -2.37. The van der Waals surface area contributed by atoms with Gasteiger partial charge in [0.25, 0.3) is 0 Å². The van der Waals surface area contributed by atoms with Gasteiger partial charge in [0.1, 0.15) is 0 Å². The third-order valence-corrected chi connectivity index (χ3v) is 4.81. The summed E-state index contributed by atoms with van der Waals surface area (Å²) in [5, 5.41) is 0. The highest BCUT2D eigenvalue weighted by Gasteiger charge is 2.21. The minimum atomic E-state index is 0.199. The average Bonchev–Trinajstić information content (AvgIpc) is 2.40. The van der Waals surface area contributed by atoms with Gasteiger partial charge in [-0.25, -0.2) is 0 Å². The number of nitrogens with two attached hydrogens (primary N) is 1. The summed E-state index contributed by atoms with van der Waals surface area (Å²) in [6.07, 6.45) is 3.48. The predicted molar refractivity (Wildman–Crippen MR) is 90.4 cm³/mol. The molecular formula is C16H26BrN3. The van der Waals surface area contributed by atoms with Crippen LogP contribution in [0.4, 0.5) is 5.69 Å². The monoisotopic (exact) mass is 339 g/mol. The summed E-state index contributed by atoms with van der Waals surface area (Å²) < 4.78 is 1.18. The van der Waals surface area contributed by atoms with Gasteiger partial charge in [0.15, 0.2) is 0 Å². The lowest BCUT2D eigenvalue weighted by Crippen LogP contribution is -2.45. The predicted octanol–water partition coefficient (Wildman–Crippen LogP) is 2.87. The number of nitrogens with zero attached hydrogens (tertiary/aromatic N) is 2. The molecule has 1 aromatic rings. The van der Waals surface area contributed by atoms with Crippen LogP contribution in [0.1, 0.15) is 25.3 Å². The van der Waals surface area contributed by atoms with E-state index in [0.717, 1.165) is 19.5 Å². The molecule has 0 aromatic heterocycles. The first kappa shape index (κ1) is 15.8. The zero-order valence-corrected chi connectivity index (χ0v) is 14.4. The van der Waals surface area contributed by atoms with Crippen LogP contribution in [0.2, 0.25) is 0 Å². The van der Waals surface area contributed by atoms with E-state index >= 15 is 0 Å². The van der Waals surface area contributed by atoms with Gasteiger partial charge in [0.2, 0.25) is 0 Å². The number of hydrogen-bond acceptors (Lipinski definition) is 3. The van der Waals surface area contributed by atoms with Crippen LogP contribution in [-0.2, 0) is 6.42 Å². The van der Waals surface area contributed by atoms with E-state index in [9.17, 15) is 0 Å². The number of piperidine rings is 1. The van der Waals surface area contributed by atoms with Gasteiger partial charge in [-0.2, -0.15) is 0 Å². The summed E-state index contributed by atoms with van der Waals surface area (Å²) in [4.78, 5) is 4.83. The lowest BCUT2D eigenvalue weighted by atomic mass is 10.0. The van der Waals surface area contributed by atoms with E-state index in [-0.39, 0.29) is 6.04 Å². The smallest absolute Gasteiger partial charge is 0.0378 e. The standard InChI is InChI=1S/C16H26BrN3/c1-12(18)9-13-6-7-14(10-16(13)17)20-8-4-5-15(11-20)19(2)3/h6-7,10,12,15H,4-5,8-9,11,18H2,1-3H3. The Morgan fingerprint density at radius 2 is 2.20 bits per heavy atom. The molecule has 2 unspecified atom stereocenters. The van der Waals surface area contributed by atoms with Crippen LogP contribution in [0.3, 0.4) is 0 Å². The number of anilines is 1. The van der Waals surface area contributed by atoms with Crippen molar-refractivity contribution < 1.29 is 0 Å². The summed E-state index contributed by atoms with van der Waals surface area (Å²) in [7, 11) is 4.35. The lowest BCUT2D eigenvalue weighted by molar-refractivity contribution is 0.258. The molecule has 0 spiro atoms. The molecular weight excluding hydrogens is 314 g/mol. The fraction of sp³-hybridized carbons (Fsp3) is 0.625. The molecule has 2 rings (SSSR count). The Hall–Kier alpha value is -0.580.